The van der Waals surface area contributed by atoms with E-state index in [0.717, 1.165) is 25.3 Å². The molecule has 0 aromatic heterocycles. The molecule has 0 amide bonds. The highest BCUT2D eigenvalue weighted by atomic mass is 32.2. The third-order valence-electron chi connectivity index (χ3n) is 1.59. The molecular weight excluding hydrogens is 168 g/mol. The van der Waals surface area contributed by atoms with E-state index in [-0.39, 0.29) is 0 Å². The molecule has 0 rings (SSSR count). The molecule has 0 bridgehead atoms. The van der Waals surface area contributed by atoms with Crippen molar-refractivity contribution in [1.82, 2.24) is 4.90 Å². The fourth-order valence-corrected chi connectivity index (χ4v) is 1.70. The van der Waals surface area contributed by atoms with Crippen LogP contribution in [0.5, 0.6) is 0 Å². The Morgan fingerprint density at radius 3 is 2.58 bits per heavy atom. The minimum atomic E-state index is 0.581. The Balaban J connectivity index is 3.42. The third kappa shape index (κ3) is 6.51. The summed E-state index contributed by atoms with van der Waals surface area (Å²) in [6, 6.07) is 2.20. The topological polar surface area (TPSA) is 27.0 Å². The molecule has 0 aliphatic rings. The molecule has 0 atom stereocenters. The molecule has 12 heavy (non-hydrogen) atoms. The Morgan fingerprint density at radius 2 is 2.08 bits per heavy atom. The molecule has 0 spiro atoms. The number of rotatable bonds is 7. The van der Waals surface area contributed by atoms with Crippen molar-refractivity contribution in [1.29, 1.82) is 5.26 Å². The van der Waals surface area contributed by atoms with Gasteiger partial charge in [0.1, 0.15) is 0 Å². The summed E-state index contributed by atoms with van der Waals surface area (Å²) in [4.78, 5) is 2.21. The van der Waals surface area contributed by atoms with Gasteiger partial charge in [-0.3, -0.25) is 4.90 Å². The first-order valence-electron chi connectivity index (χ1n) is 4.52. The van der Waals surface area contributed by atoms with E-state index in [1.165, 1.54) is 5.75 Å². The Bertz CT molecular complexity index is 131. The first-order valence-corrected chi connectivity index (χ1v) is 5.67. The number of hydrogen-bond donors (Lipinski definition) is 0. The summed E-state index contributed by atoms with van der Waals surface area (Å²) >= 11 is 1.94. The van der Waals surface area contributed by atoms with E-state index in [4.69, 9.17) is 5.26 Å². The van der Waals surface area contributed by atoms with Crippen LogP contribution < -0.4 is 0 Å². The van der Waals surface area contributed by atoms with Gasteiger partial charge in [0.25, 0.3) is 0 Å². The minimum absolute atomic E-state index is 0.581. The molecular formula is C9H18N2S. The van der Waals surface area contributed by atoms with E-state index in [1.54, 1.807) is 0 Å². The van der Waals surface area contributed by atoms with Crippen LogP contribution in [0.4, 0.5) is 0 Å². The standard InChI is InChI=1S/C9H18N2S/c1-3-6-11(7-5-10)8-9-12-4-2/h3-4,6-9H2,1-2H3. The largest absolute Gasteiger partial charge is 0.290 e. The highest BCUT2D eigenvalue weighted by molar-refractivity contribution is 7.99. The quantitative estimate of drug-likeness (QED) is 0.449. The predicted molar refractivity (Wildman–Crippen MR) is 55.3 cm³/mol. The maximum absolute atomic E-state index is 8.52. The maximum atomic E-state index is 8.52. The number of thioether (sulfide) groups is 1. The summed E-state index contributed by atoms with van der Waals surface area (Å²) < 4.78 is 0. The average molecular weight is 186 g/mol. The van der Waals surface area contributed by atoms with E-state index in [0.29, 0.717) is 6.54 Å². The monoisotopic (exact) mass is 186 g/mol. The van der Waals surface area contributed by atoms with E-state index in [9.17, 15) is 0 Å². The van der Waals surface area contributed by atoms with Crippen LogP contribution in [0.3, 0.4) is 0 Å². The van der Waals surface area contributed by atoms with Gasteiger partial charge in [0.15, 0.2) is 0 Å². The lowest BCUT2D eigenvalue weighted by Gasteiger charge is -2.17. The van der Waals surface area contributed by atoms with Crippen molar-refractivity contribution in [3.05, 3.63) is 0 Å². The predicted octanol–water partition coefficient (Wildman–Crippen LogP) is 1.98. The average Bonchev–Trinajstić information content (AvgIpc) is 2.06. The van der Waals surface area contributed by atoms with Crippen LogP contribution in [-0.2, 0) is 0 Å². The van der Waals surface area contributed by atoms with Gasteiger partial charge in [0, 0.05) is 12.3 Å². The van der Waals surface area contributed by atoms with Crippen molar-refractivity contribution in [2.75, 3.05) is 31.1 Å². The van der Waals surface area contributed by atoms with E-state index in [2.05, 4.69) is 24.8 Å². The molecule has 0 fully saturated rings. The van der Waals surface area contributed by atoms with Gasteiger partial charge in [0.2, 0.25) is 0 Å². The normalized spacial score (nSPS) is 10.2. The van der Waals surface area contributed by atoms with Crippen LogP contribution in [0, 0.1) is 11.3 Å². The van der Waals surface area contributed by atoms with Crippen LogP contribution in [0.25, 0.3) is 0 Å². The van der Waals surface area contributed by atoms with Crippen molar-refractivity contribution in [3.8, 4) is 6.07 Å². The number of hydrogen-bond acceptors (Lipinski definition) is 3. The summed E-state index contributed by atoms with van der Waals surface area (Å²) in [5.74, 6) is 2.32. The lowest BCUT2D eigenvalue weighted by Crippen LogP contribution is -2.27. The van der Waals surface area contributed by atoms with Crippen molar-refractivity contribution in [2.24, 2.45) is 0 Å². The number of nitriles is 1. The van der Waals surface area contributed by atoms with E-state index in [1.807, 2.05) is 11.8 Å². The van der Waals surface area contributed by atoms with Crippen molar-refractivity contribution in [2.45, 2.75) is 20.3 Å². The summed E-state index contributed by atoms with van der Waals surface area (Å²) in [5, 5.41) is 8.52. The van der Waals surface area contributed by atoms with Gasteiger partial charge in [-0.25, -0.2) is 0 Å². The molecule has 0 heterocycles. The molecule has 0 N–H and O–H groups in total. The van der Waals surface area contributed by atoms with Crippen LogP contribution in [0.2, 0.25) is 0 Å². The fourth-order valence-electron chi connectivity index (χ4n) is 1.02. The Morgan fingerprint density at radius 1 is 1.33 bits per heavy atom. The van der Waals surface area contributed by atoms with Crippen molar-refractivity contribution < 1.29 is 0 Å². The second kappa shape index (κ2) is 8.89. The molecule has 3 heteroatoms. The van der Waals surface area contributed by atoms with Crippen LogP contribution in [-0.4, -0.2) is 36.0 Å². The molecule has 0 aliphatic carbocycles. The zero-order valence-electron chi connectivity index (χ0n) is 8.05. The van der Waals surface area contributed by atoms with Crippen LogP contribution in [0.15, 0.2) is 0 Å². The zero-order valence-corrected chi connectivity index (χ0v) is 8.86. The molecule has 2 nitrogen and oxygen atoms in total. The Kier molecular flexibility index (Phi) is 8.74. The molecule has 0 unspecified atom stereocenters. The first kappa shape index (κ1) is 11.8. The Labute approximate surface area is 79.9 Å². The summed E-state index contributed by atoms with van der Waals surface area (Å²) in [6.07, 6.45) is 1.14. The molecule has 0 saturated carbocycles. The lowest BCUT2D eigenvalue weighted by atomic mass is 10.4. The fraction of sp³-hybridized carbons (Fsp3) is 0.889. The molecule has 0 saturated heterocycles. The highest BCUT2D eigenvalue weighted by Gasteiger charge is 2.00. The van der Waals surface area contributed by atoms with Crippen molar-refractivity contribution >= 4 is 11.8 Å². The summed E-state index contributed by atoms with van der Waals surface area (Å²) in [7, 11) is 0. The van der Waals surface area contributed by atoms with Gasteiger partial charge in [-0.1, -0.05) is 13.8 Å². The smallest absolute Gasteiger partial charge is 0.0866 e. The van der Waals surface area contributed by atoms with E-state index < -0.39 is 0 Å². The van der Waals surface area contributed by atoms with Gasteiger partial charge in [0.05, 0.1) is 12.6 Å². The molecule has 70 valence electrons. The Hall–Kier alpha value is -0.200. The molecule has 0 aromatic carbocycles. The molecule has 0 aromatic rings. The van der Waals surface area contributed by atoms with Gasteiger partial charge in [-0.05, 0) is 18.7 Å². The second-order valence-corrected chi connectivity index (χ2v) is 4.03. The third-order valence-corrected chi connectivity index (χ3v) is 2.47. The van der Waals surface area contributed by atoms with Crippen LogP contribution in [0.1, 0.15) is 20.3 Å². The van der Waals surface area contributed by atoms with E-state index >= 15 is 0 Å². The molecule has 0 radical (unpaired) electrons. The summed E-state index contributed by atoms with van der Waals surface area (Å²) in [6.45, 7) is 7.01. The van der Waals surface area contributed by atoms with Gasteiger partial charge in [-0.2, -0.15) is 17.0 Å². The van der Waals surface area contributed by atoms with Crippen molar-refractivity contribution in [3.63, 3.8) is 0 Å². The maximum Gasteiger partial charge on any atom is 0.0866 e. The minimum Gasteiger partial charge on any atom is -0.290 e. The van der Waals surface area contributed by atoms with Gasteiger partial charge < -0.3 is 0 Å². The second-order valence-electron chi connectivity index (χ2n) is 2.63. The van der Waals surface area contributed by atoms with Crippen LogP contribution >= 0.6 is 11.8 Å². The highest BCUT2D eigenvalue weighted by Crippen LogP contribution is 2.00. The summed E-state index contributed by atoms with van der Waals surface area (Å²) in [5.41, 5.74) is 0. The SMILES string of the molecule is CCCN(CC#N)CCSCC. The van der Waals surface area contributed by atoms with Gasteiger partial charge >= 0.3 is 0 Å². The number of nitrogens with zero attached hydrogens (tertiary/aromatic N) is 2. The molecule has 0 aliphatic heterocycles. The lowest BCUT2D eigenvalue weighted by molar-refractivity contribution is 0.326. The first-order chi connectivity index (χ1) is 5.85. The van der Waals surface area contributed by atoms with Gasteiger partial charge in [-0.15, -0.1) is 0 Å². The zero-order chi connectivity index (χ0) is 9.23.